The molecule has 1 fully saturated rings. The van der Waals surface area contributed by atoms with Crippen LogP contribution in [0.5, 0.6) is 5.88 Å². The summed E-state index contributed by atoms with van der Waals surface area (Å²) in [6.07, 6.45) is 4.70. The fraction of sp³-hybridized carbons (Fsp3) is 0.333. The SMILES string of the molecule is COc1ccc(S(=O)(=O)N2CCNCC2c2cccnc2)cn1. The molecule has 0 aromatic carbocycles. The Bertz CT molecular complexity index is 750. The van der Waals surface area contributed by atoms with E-state index >= 15 is 0 Å². The van der Waals surface area contributed by atoms with Crippen LogP contribution in [0.2, 0.25) is 0 Å². The number of ether oxygens (including phenoxy) is 1. The van der Waals surface area contributed by atoms with E-state index in [9.17, 15) is 8.42 Å². The van der Waals surface area contributed by atoms with Gasteiger partial charge in [-0.25, -0.2) is 13.4 Å². The van der Waals surface area contributed by atoms with Gasteiger partial charge in [-0.2, -0.15) is 4.31 Å². The number of hydrogen-bond donors (Lipinski definition) is 1. The molecule has 1 aliphatic heterocycles. The average molecular weight is 334 g/mol. The first kappa shape index (κ1) is 15.9. The molecule has 3 heterocycles. The molecule has 1 saturated heterocycles. The highest BCUT2D eigenvalue weighted by atomic mass is 32.2. The van der Waals surface area contributed by atoms with Crippen molar-refractivity contribution in [2.75, 3.05) is 26.7 Å². The third-order valence-corrected chi connectivity index (χ3v) is 5.68. The molecule has 122 valence electrons. The van der Waals surface area contributed by atoms with Crippen LogP contribution in [0.1, 0.15) is 11.6 Å². The van der Waals surface area contributed by atoms with Gasteiger partial charge in [-0.15, -0.1) is 0 Å². The van der Waals surface area contributed by atoms with Crippen LogP contribution in [-0.2, 0) is 10.0 Å². The Morgan fingerprint density at radius 3 is 2.83 bits per heavy atom. The lowest BCUT2D eigenvalue weighted by Crippen LogP contribution is -2.48. The number of rotatable bonds is 4. The van der Waals surface area contributed by atoms with Gasteiger partial charge < -0.3 is 10.1 Å². The van der Waals surface area contributed by atoms with Gasteiger partial charge >= 0.3 is 0 Å². The zero-order chi connectivity index (χ0) is 16.3. The molecule has 0 amide bonds. The van der Waals surface area contributed by atoms with Crippen molar-refractivity contribution >= 4 is 10.0 Å². The lowest BCUT2D eigenvalue weighted by atomic mass is 10.1. The van der Waals surface area contributed by atoms with Gasteiger partial charge in [0.25, 0.3) is 0 Å². The van der Waals surface area contributed by atoms with E-state index in [0.29, 0.717) is 25.5 Å². The van der Waals surface area contributed by atoms with Crippen molar-refractivity contribution in [3.63, 3.8) is 0 Å². The van der Waals surface area contributed by atoms with E-state index in [2.05, 4.69) is 15.3 Å². The molecule has 1 N–H and O–H groups in total. The molecule has 7 nitrogen and oxygen atoms in total. The van der Waals surface area contributed by atoms with Crippen LogP contribution in [0.3, 0.4) is 0 Å². The topological polar surface area (TPSA) is 84.4 Å². The number of piperazine rings is 1. The minimum atomic E-state index is -3.64. The van der Waals surface area contributed by atoms with Gasteiger partial charge in [-0.1, -0.05) is 6.07 Å². The summed E-state index contributed by atoms with van der Waals surface area (Å²) in [7, 11) is -2.15. The first-order valence-corrected chi connectivity index (χ1v) is 8.69. The Labute approximate surface area is 135 Å². The third kappa shape index (κ3) is 3.19. The van der Waals surface area contributed by atoms with Gasteiger partial charge in [0.2, 0.25) is 15.9 Å². The first-order valence-electron chi connectivity index (χ1n) is 7.25. The van der Waals surface area contributed by atoms with Crippen LogP contribution >= 0.6 is 0 Å². The van der Waals surface area contributed by atoms with E-state index in [0.717, 1.165) is 5.56 Å². The van der Waals surface area contributed by atoms with Crippen LogP contribution in [0.4, 0.5) is 0 Å². The maximum Gasteiger partial charge on any atom is 0.245 e. The van der Waals surface area contributed by atoms with E-state index < -0.39 is 10.0 Å². The number of pyridine rings is 2. The summed E-state index contributed by atoms with van der Waals surface area (Å²) in [4.78, 5) is 8.25. The highest BCUT2D eigenvalue weighted by Gasteiger charge is 2.34. The normalized spacial score (nSPS) is 19.4. The van der Waals surface area contributed by atoms with Gasteiger partial charge in [-0.05, 0) is 17.7 Å². The van der Waals surface area contributed by atoms with Crippen molar-refractivity contribution in [3.8, 4) is 5.88 Å². The molecule has 0 saturated carbocycles. The fourth-order valence-corrected chi connectivity index (χ4v) is 4.17. The molecule has 2 aromatic rings. The van der Waals surface area contributed by atoms with Gasteiger partial charge in [0.15, 0.2) is 0 Å². The largest absolute Gasteiger partial charge is 0.481 e. The Balaban J connectivity index is 1.95. The summed E-state index contributed by atoms with van der Waals surface area (Å²) in [6, 6.07) is 6.48. The Kier molecular flexibility index (Phi) is 4.56. The lowest BCUT2D eigenvalue weighted by Gasteiger charge is -2.35. The highest BCUT2D eigenvalue weighted by molar-refractivity contribution is 7.89. The lowest BCUT2D eigenvalue weighted by molar-refractivity contribution is 0.271. The Morgan fingerprint density at radius 1 is 1.30 bits per heavy atom. The zero-order valence-electron chi connectivity index (χ0n) is 12.7. The second kappa shape index (κ2) is 6.61. The van der Waals surface area contributed by atoms with Crippen LogP contribution in [0.15, 0.2) is 47.8 Å². The molecule has 0 spiro atoms. The molecule has 2 aromatic heterocycles. The number of sulfonamides is 1. The third-order valence-electron chi connectivity index (χ3n) is 3.79. The first-order chi connectivity index (χ1) is 11.1. The van der Waals surface area contributed by atoms with Crippen LogP contribution in [-0.4, -0.2) is 49.4 Å². The van der Waals surface area contributed by atoms with Gasteiger partial charge in [-0.3, -0.25) is 4.98 Å². The predicted molar refractivity (Wildman–Crippen MR) is 84.5 cm³/mol. The Hall–Kier alpha value is -2.03. The minimum absolute atomic E-state index is 0.161. The van der Waals surface area contributed by atoms with E-state index in [1.165, 1.54) is 23.7 Å². The number of hydrogen-bond acceptors (Lipinski definition) is 6. The van der Waals surface area contributed by atoms with E-state index in [1.807, 2.05) is 12.1 Å². The smallest absolute Gasteiger partial charge is 0.245 e. The highest BCUT2D eigenvalue weighted by Crippen LogP contribution is 2.28. The second-order valence-electron chi connectivity index (χ2n) is 5.16. The molecule has 1 atom stereocenters. The molecule has 3 rings (SSSR count). The predicted octanol–water partition coefficient (Wildman–Crippen LogP) is 0.820. The van der Waals surface area contributed by atoms with Crippen LogP contribution < -0.4 is 10.1 Å². The molecular formula is C15H18N4O3S. The summed E-state index contributed by atoms with van der Waals surface area (Å²) in [5.41, 5.74) is 0.866. The number of nitrogens with one attached hydrogen (secondary N) is 1. The maximum absolute atomic E-state index is 13.0. The van der Waals surface area contributed by atoms with E-state index in [4.69, 9.17) is 4.74 Å². The van der Waals surface area contributed by atoms with Crippen molar-refractivity contribution in [2.24, 2.45) is 0 Å². The van der Waals surface area contributed by atoms with Crippen molar-refractivity contribution in [3.05, 3.63) is 48.4 Å². The van der Waals surface area contributed by atoms with Crippen LogP contribution in [0.25, 0.3) is 0 Å². The molecular weight excluding hydrogens is 316 g/mol. The Morgan fingerprint density at radius 2 is 2.17 bits per heavy atom. The van der Waals surface area contributed by atoms with Gasteiger partial charge in [0.05, 0.1) is 19.3 Å². The zero-order valence-corrected chi connectivity index (χ0v) is 13.5. The quantitative estimate of drug-likeness (QED) is 0.891. The van der Waals surface area contributed by atoms with Gasteiger partial charge in [0.1, 0.15) is 4.90 Å². The molecule has 1 unspecified atom stereocenters. The number of nitrogens with zero attached hydrogens (tertiary/aromatic N) is 3. The standard InChI is InChI=1S/C15H18N4O3S/c1-22-15-5-4-13(10-18-15)23(20,21)19-8-7-17-11-14(19)12-3-2-6-16-9-12/h2-6,9-10,14,17H,7-8,11H2,1H3. The minimum Gasteiger partial charge on any atom is -0.481 e. The van der Waals surface area contributed by atoms with Gasteiger partial charge in [0, 0.05) is 38.1 Å². The maximum atomic E-state index is 13.0. The summed E-state index contributed by atoms with van der Waals surface area (Å²) >= 11 is 0. The summed E-state index contributed by atoms with van der Waals surface area (Å²) in [6.45, 7) is 1.56. The molecule has 8 heteroatoms. The molecule has 23 heavy (non-hydrogen) atoms. The fourth-order valence-electron chi connectivity index (χ4n) is 2.61. The van der Waals surface area contributed by atoms with Crippen molar-refractivity contribution in [1.82, 2.24) is 19.6 Å². The summed E-state index contributed by atoms with van der Waals surface area (Å²) < 4.78 is 32.4. The van der Waals surface area contributed by atoms with E-state index in [-0.39, 0.29) is 10.9 Å². The number of aromatic nitrogens is 2. The second-order valence-corrected chi connectivity index (χ2v) is 7.05. The average Bonchev–Trinajstić information content (AvgIpc) is 2.62. The monoisotopic (exact) mass is 334 g/mol. The molecule has 0 radical (unpaired) electrons. The summed E-state index contributed by atoms with van der Waals surface area (Å²) in [5.74, 6) is 0.382. The molecule has 1 aliphatic rings. The van der Waals surface area contributed by atoms with Crippen molar-refractivity contribution in [1.29, 1.82) is 0 Å². The summed E-state index contributed by atoms with van der Waals surface area (Å²) in [5, 5.41) is 3.24. The van der Waals surface area contributed by atoms with Crippen molar-refractivity contribution in [2.45, 2.75) is 10.9 Å². The van der Waals surface area contributed by atoms with E-state index in [1.54, 1.807) is 18.5 Å². The molecule has 0 aliphatic carbocycles. The van der Waals surface area contributed by atoms with Crippen molar-refractivity contribution < 1.29 is 13.2 Å². The number of methoxy groups -OCH3 is 1. The molecule has 0 bridgehead atoms. The van der Waals surface area contributed by atoms with Crippen LogP contribution in [0, 0.1) is 0 Å².